The molecule has 6 nitrogen and oxygen atoms in total. The van der Waals surface area contributed by atoms with Crippen LogP contribution in [-0.4, -0.2) is 37.0 Å². The number of amides is 2. The van der Waals surface area contributed by atoms with Crippen molar-refractivity contribution >= 4 is 17.8 Å². The lowest BCUT2D eigenvalue weighted by Crippen LogP contribution is -2.55. The van der Waals surface area contributed by atoms with Crippen molar-refractivity contribution in [3.63, 3.8) is 0 Å². The first kappa shape index (κ1) is 19.5. The fraction of sp³-hybridized carbons (Fsp3) is 0.824. The summed E-state index contributed by atoms with van der Waals surface area (Å²) in [5.41, 5.74) is 0. The Balaban J connectivity index is 2.73. The fourth-order valence-electron chi connectivity index (χ4n) is 2.86. The van der Waals surface area contributed by atoms with E-state index in [9.17, 15) is 14.4 Å². The van der Waals surface area contributed by atoms with Gasteiger partial charge in [0, 0.05) is 5.92 Å². The van der Waals surface area contributed by atoms with Gasteiger partial charge in [-0.2, -0.15) is 0 Å². The highest BCUT2D eigenvalue weighted by Crippen LogP contribution is 2.25. The van der Waals surface area contributed by atoms with E-state index in [-0.39, 0.29) is 29.6 Å². The maximum Gasteiger partial charge on any atom is 0.328 e. The van der Waals surface area contributed by atoms with E-state index in [4.69, 9.17) is 4.74 Å². The van der Waals surface area contributed by atoms with Crippen LogP contribution < -0.4 is 10.6 Å². The summed E-state index contributed by atoms with van der Waals surface area (Å²) < 4.78 is 4.74. The molecule has 0 bridgehead atoms. The first-order valence-electron chi connectivity index (χ1n) is 8.46. The van der Waals surface area contributed by atoms with Crippen molar-refractivity contribution in [3.8, 4) is 0 Å². The van der Waals surface area contributed by atoms with Crippen molar-refractivity contribution in [2.45, 2.75) is 65.5 Å². The summed E-state index contributed by atoms with van der Waals surface area (Å²) in [5, 5.41) is 5.57. The van der Waals surface area contributed by atoms with E-state index >= 15 is 0 Å². The van der Waals surface area contributed by atoms with Crippen molar-refractivity contribution in [3.05, 3.63) is 0 Å². The van der Waals surface area contributed by atoms with Crippen molar-refractivity contribution < 1.29 is 19.1 Å². The Kier molecular flexibility index (Phi) is 7.52. The van der Waals surface area contributed by atoms with Crippen LogP contribution in [0.25, 0.3) is 0 Å². The molecule has 1 rings (SSSR count). The van der Waals surface area contributed by atoms with Gasteiger partial charge < -0.3 is 15.4 Å². The molecule has 0 radical (unpaired) electrons. The summed E-state index contributed by atoms with van der Waals surface area (Å²) in [5.74, 6) is -1.02. The minimum absolute atomic E-state index is 0.00514. The first-order valence-corrected chi connectivity index (χ1v) is 8.46. The number of nitrogens with one attached hydrogen (secondary N) is 2. The van der Waals surface area contributed by atoms with Gasteiger partial charge in [0.1, 0.15) is 12.1 Å². The summed E-state index contributed by atoms with van der Waals surface area (Å²) in [6, 6.07) is -1.36. The summed E-state index contributed by atoms with van der Waals surface area (Å²) in [6.45, 7) is 7.43. The molecule has 0 heterocycles. The van der Waals surface area contributed by atoms with Crippen LogP contribution in [0.15, 0.2) is 0 Å². The summed E-state index contributed by atoms with van der Waals surface area (Å²) in [4.78, 5) is 36.6. The summed E-state index contributed by atoms with van der Waals surface area (Å²) in [6.07, 6.45) is 3.90. The van der Waals surface area contributed by atoms with Crippen molar-refractivity contribution in [1.82, 2.24) is 10.6 Å². The highest BCUT2D eigenvalue weighted by Gasteiger charge is 2.32. The molecular weight excluding hydrogens is 296 g/mol. The molecule has 1 fully saturated rings. The third-order valence-corrected chi connectivity index (χ3v) is 4.39. The van der Waals surface area contributed by atoms with Gasteiger partial charge in [-0.25, -0.2) is 4.79 Å². The zero-order valence-corrected chi connectivity index (χ0v) is 14.8. The summed E-state index contributed by atoms with van der Waals surface area (Å²) >= 11 is 0. The standard InChI is InChI=1S/C17H30N2O4/c1-10(2)13(18-15(20)12-8-6-7-9-12)16(21)19-14(11(3)4)17(22)23-5/h10-14H,6-9H2,1-5H3,(H,18,20)(H,19,21)/t13-,14-/m0/s1. The van der Waals surface area contributed by atoms with Crippen LogP contribution in [0.4, 0.5) is 0 Å². The maximum atomic E-state index is 12.5. The maximum absolute atomic E-state index is 12.5. The van der Waals surface area contributed by atoms with Crippen LogP contribution in [0.5, 0.6) is 0 Å². The topological polar surface area (TPSA) is 84.5 Å². The van der Waals surface area contributed by atoms with Gasteiger partial charge in [0.25, 0.3) is 0 Å². The van der Waals surface area contributed by atoms with Crippen molar-refractivity contribution in [2.24, 2.45) is 17.8 Å². The highest BCUT2D eigenvalue weighted by molar-refractivity contribution is 5.91. The minimum Gasteiger partial charge on any atom is -0.467 e. The van der Waals surface area contributed by atoms with Gasteiger partial charge in [-0.15, -0.1) is 0 Å². The number of hydrogen-bond acceptors (Lipinski definition) is 4. The minimum atomic E-state index is -0.711. The number of carbonyl (C=O) groups is 3. The third-order valence-electron chi connectivity index (χ3n) is 4.39. The average molecular weight is 326 g/mol. The molecule has 1 saturated carbocycles. The monoisotopic (exact) mass is 326 g/mol. The predicted octanol–water partition coefficient (Wildman–Crippen LogP) is 1.63. The zero-order chi connectivity index (χ0) is 17.6. The molecule has 0 aromatic carbocycles. The van der Waals surface area contributed by atoms with E-state index < -0.39 is 18.1 Å². The SMILES string of the molecule is COC(=O)[C@@H](NC(=O)[C@@H](NC(=O)C1CCCC1)C(C)C)C(C)C. The Bertz CT molecular complexity index is 428. The van der Waals surface area contributed by atoms with Crippen LogP contribution in [0.2, 0.25) is 0 Å². The van der Waals surface area contributed by atoms with Crippen LogP contribution >= 0.6 is 0 Å². The molecule has 0 spiro atoms. The number of methoxy groups -OCH3 is 1. The highest BCUT2D eigenvalue weighted by atomic mass is 16.5. The van der Waals surface area contributed by atoms with Crippen LogP contribution in [0.1, 0.15) is 53.4 Å². The van der Waals surface area contributed by atoms with Crippen LogP contribution in [0, 0.1) is 17.8 Å². The molecule has 0 saturated heterocycles. The Labute approximate surface area is 138 Å². The predicted molar refractivity (Wildman–Crippen MR) is 87.5 cm³/mol. The van der Waals surface area contributed by atoms with Crippen LogP contribution in [-0.2, 0) is 19.1 Å². The normalized spacial score (nSPS) is 17.9. The Morgan fingerprint density at radius 2 is 1.43 bits per heavy atom. The lowest BCUT2D eigenvalue weighted by atomic mass is 9.99. The quantitative estimate of drug-likeness (QED) is 0.697. The second-order valence-electron chi connectivity index (χ2n) is 6.97. The van der Waals surface area contributed by atoms with Gasteiger partial charge in [-0.3, -0.25) is 9.59 Å². The van der Waals surface area contributed by atoms with Gasteiger partial charge in [0.15, 0.2) is 0 Å². The molecular formula is C17H30N2O4. The van der Waals surface area contributed by atoms with Gasteiger partial charge >= 0.3 is 5.97 Å². The molecule has 0 aliphatic heterocycles. The first-order chi connectivity index (χ1) is 10.8. The molecule has 1 aliphatic carbocycles. The molecule has 1 aliphatic rings. The molecule has 2 atom stereocenters. The average Bonchev–Trinajstić information content (AvgIpc) is 3.02. The molecule has 2 N–H and O–H groups in total. The van der Waals surface area contributed by atoms with Gasteiger partial charge in [-0.05, 0) is 24.7 Å². The number of hydrogen-bond donors (Lipinski definition) is 2. The van der Waals surface area contributed by atoms with E-state index in [0.29, 0.717) is 0 Å². The van der Waals surface area contributed by atoms with Crippen molar-refractivity contribution in [2.75, 3.05) is 7.11 Å². The number of ether oxygens (including phenoxy) is 1. The van der Waals surface area contributed by atoms with Crippen molar-refractivity contribution in [1.29, 1.82) is 0 Å². The van der Waals surface area contributed by atoms with Crippen LogP contribution in [0.3, 0.4) is 0 Å². The smallest absolute Gasteiger partial charge is 0.328 e. The van der Waals surface area contributed by atoms with E-state index in [1.807, 2.05) is 27.7 Å². The van der Waals surface area contributed by atoms with Gasteiger partial charge in [0.05, 0.1) is 7.11 Å². The van der Waals surface area contributed by atoms with E-state index in [1.54, 1.807) is 0 Å². The van der Waals surface area contributed by atoms with E-state index in [1.165, 1.54) is 7.11 Å². The van der Waals surface area contributed by atoms with E-state index in [0.717, 1.165) is 25.7 Å². The number of esters is 1. The largest absolute Gasteiger partial charge is 0.467 e. The Morgan fingerprint density at radius 3 is 1.87 bits per heavy atom. The molecule has 6 heteroatoms. The Morgan fingerprint density at radius 1 is 0.913 bits per heavy atom. The second kappa shape index (κ2) is 8.89. The summed E-state index contributed by atoms with van der Waals surface area (Å²) in [7, 11) is 1.30. The molecule has 0 aromatic rings. The molecule has 0 aromatic heterocycles. The molecule has 2 amide bonds. The lowest BCUT2D eigenvalue weighted by Gasteiger charge is -2.27. The second-order valence-corrected chi connectivity index (χ2v) is 6.97. The zero-order valence-electron chi connectivity index (χ0n) is 14.8. The Hall–Kier alpha value is -1.59. The molecule has 0 unspecified atom stereocenters. The number of carbonyl (C=O) groups excluding carboxylic acids is 3. The fourth-order valence-corrected chi connectivity index (χ4v) is 2.86. The number of rotatable bonds is 7. The molecule has 132 valence electrons. The third kappa shape index (κ3) is 5.52. The lowest BCUT2D eigenvalue weighted by molar-refractivity contribution is -0.146. The van der Waals surface area contributed by atoms with Gasteiger partial charge in [-0.1, -0.05) is 40.5 Å². The van der Waals surface area contributed by atoms with Gasteiger partial charge in [0.2, 0.25) is 11.8 Å². The molecule has 23 heavy (non-hydrogen) atoms. The van der Waals surface area contributed by atoms with E-state index in [2.05, 4.69) is 10.6 Å².